The van der Waals surface area contributed by atoms with Crippen molar-refractivity contribution in [2.24, 2.45) is 0 Å². The smallest absolute Gasteiger partial charge is 0.120 e. The van der Waals surface area contributed by atoms with Crippen molar-refractivity contribution in [3.05, 3.63) is 29.3 Å². The third-order valence-electron chi connectivity index (χ3n) is 3.57. The number of benzene rings is 1. The van der Waals surface area contributed by atoms with Gasteiger partial charge in [-0.05, 0) is 49.4 Å². The van der Waals surface area contributed by atoms with Crippen LogP contribution in [0.15, 0.2) is 18.2 Å². The van der Waals surface area contributed by atoms with Crippen LogP contribution >= 0.6 is 0 Å². The third-order valence-corrected chi connectivity index (χ3v) is 3.57. The fourth-order valence-electron chi connectivity index (χ4n) is 2.66. The van der Waals surface area contributed by atoms with Crippen molar-refractivity contribution in [2.75, 3.05) is 0 Å². The first-order valence-corrected chi connectivity index (χ1v) is 6.64. The first-order valence-electron chi connectivity index (χ1n) is 6.64. The van der Waals surface area contributed by atoms with E-state index in [4.69, 9.17) is 4.74 Å². The minimum Gasteiger partial charge on any atom is -0.491 e. The molecule has 0 fully saturated rings. The molecule has 2 atom stereocenters. The Bertz CT molecular complexity index is 387. The summed E-state index contributed by atoms with van der Waals surface area (Å²) >= 11 is 0. The van der Waals surface area contributed by atoms with Crippen LogP contribution in [0.4, 0.5) is 0 Å². The first kappa shape index (κ1) is 12.4. The van der Waals surface area contributed by atoms with Crippen molar-refractivity contribution in [1.82, 2.24) is 5.32 Å². The van der Waals surface area contributed by atoms with E-state index in [1.807, 2.05) is 0 Å². The van der Waals surface area contributed by atoms with E-state index in [1.165, 1.54) is 17.5 Å². The molecule has 0 spiro atoms. The van der Waals surface area contributed by atoms with E-state index in [1.54, 1.807) is 0 Å². The highest BCUT2D eigenvalue weighted by Gasteiger charge is 2.24. The highest BCUT2D eigenvalue weighted by molar-refractivity contribution is 5.39. The van der Waals surface area contributed by atoms with E-state index in [0.717, 1.165) is 12.3 Å². The maximum Gasteiger partial charge on any atom is 0.120 e. The van der Waals surface area contributed by atoms with Gasteiger partial charge in [0.1, 0.15) is 5.75 Å². The molecule has 17 heavy (non-hydrogen) atoms. The van der Waals surface area contributed by atoms with Crippen LogP contribution in [0.2, 0.25) is 0 Å². The van der Waals surface area contributed by atoms with Gasteiger partial charge in [-0.1, -0.05) is 19.9 Å². The van der Waals surface area contributed by atoms with E-state index in [-0.39, 0.29) is 6.10 Å². The van der Waals surface area contributed by atoms with Crippen molar-refractivity contribution in [3.63, 3.8) is 0 Å². The standard InChI is InChI=1S/C15H23NO/c1-5-15-11(4)14-7-6-13(17-10(2)3)8-12(14)9-16-15/h6-8,10-11,15-16H,5,9H2,1-4H3. The maximum absolute atomic E-state index is 5.74. The number of rotatable bonds is 3. The molecule has 2 nitrogen and oxygen atoms in total. The summed E-state index contributed by atoms with van der Waals surface area (Å²) in [6.07, 6.45) is 1.43. The van der Waals surface area contributed by atoms with E-state index in [9.17, 15) is 0 Å². The maximum atomic E-state index is 5.74. The molecule has 94 valence electrons. The van der Waals surface area contributed by atoms with Crippen molar-refractivity contribution in [1.29, 1.82) is 0 Å². The quantitative estimate of drug-likeness (QED) is 0.863. The Kier molecular flexibility index (Phi) is 3.72. The Balaban J connectivity index is 2.23. The number of fused-ring (bicyclic) bond motifs is 1. The van der Waals surface area contributed by atoms with Gasteiger partial charge in [0.05, 0.1) is 6.10 Å². The van der Waals surface area contributed by atoms with Crippen molar-refractivity contribution < 1.29 is 4.74 Å². The fraction of sp³-hybridized carbons (Fsp3) is 0.600. The molecule has 0 aromatic heterocycles. The second-order valence-electron chi connectivity index (χ2n) is 5.21. The average Bonchev–Trinajstić information content (AvgIpc) is 2.28. The molecule has 2 heteroatoms. The van der Waals surface area contributed by atoms with Gasteiger partial charge in [0.2, 0.25) is 0 Å². The molecule has 2 rings (SSSR count). The minimum absolute atomic E-state index is 0.241. The monoisotopic (exact) mass is 233 g/mol. The molecule has 2 unspecified atom stereocenters. The molecule has 0 radical (unpaired) electrons. The third kappa shape index (κ3) is 2.63. The summed E-state index contributed by atoms with van der Waals surface area (Å²) in [5.74, 6) is 1.58. The second-order valence-corrected chi connectivity index (χ2v) is 5.21. The Morgan fingerprint density at radius 1 is 1.41 bits per heavy atom. The SMILES string of the molecule is CCC1NCc2cc(OC(C)C)ccc2C1C. The zero-order chi connectivity index (χ0) is 12.4. The Morgan fingerprint density at radius 3 is 2.82 bits per heavy atom. The average molecular weight is 233 g/mol. The fourth-order valence-corrected chi connectivity index (χ4v) is 2.66. The molecule has 1 aromatic carbocycles. The number of nitrogens with one attached hydrogen (secondary N) is 1. The van der Waals surface area contributed by atoms with Gasteiger partial charge in [-0.25, -0.2) is 0 Å². The van der Waals surface area contributed by atoms with Crippen LogP contribution in [0, 0.1) is 0 Å². The molecule has 0 aliphatic carbocycles. The molecular weight excluding hydrogens is 210 g/mol. The van der Waals surface area contributed by atoms with Crippen molar-refractivity contribution >= 4 is 0 Å². The van der Waals surface area contributed by atoms with E-state index >= 15 is 0 Å². The van der Waals surface area contributed by atoms with Crippen LogP contribution in [0.5, 0.6) is 5.75 Å². The van der Waals surface area contributed by atoms with Gasteiger partial charge in [-0.15, -0.1) is 0 Å². The van der Waals surface area contributed by atoms with E-state index < -0.39 is 0 Å². The lowest BCUT2D eigenvalue weighted by Gasteiger charge is -2.32. The Morgan fingerprint density at radius 2 is 2.18 bits per heavy atom. The second kappa shape index (κ2) is 5.09. The van der Waals surface area contributed by atoms with Gasteiger partial charge in [0.25, 0.3) is 0 Å². The summed E-state index contributed by atoms with van der Waals surface area (Å²) in [7, 11) is 0. The highest BCUT2D eigenvalue weighted by Crippen LogP contribution is 2.31. The van der Waals surface area contributed by atoms with Crippen LogP contribution in [0.1, 0.15) is 51.2 Å². The van der Waals surface area contributed by atoms with Crippen LogP contribution in [0.25, 0.3) is 0 Å². The van der Waals surface area contributed by atoms with E-state index in [2.05, 4.69) is 51.2 Å². The zero-order valence-corrected chi connectivity index (χ0v) is 11.3. The number of hydrogen-bond donors (Lipinski definition) is 1. The van der Waals surface area contributed by atoms with Crippen LogP contribution in [-0.4, -0.2) is 12.1 Å². The molecule has 1 aromatic rings. The number of ether oxygens (including phenoxy) is 1. The summed E-state index contributed by atoms with van der Waals surface area (Å²) in [5.41, 5.74) is 2.87. The van der Waals surface area contributed by atoms with Gasteiger partial charge in [-0.2, -0.15) is 0 Å². The largest absolute Gasteiger partial charge is 0.491 e. The minimum atomic E-state index is 0.241. The van der Waals surface area contributed by atoms with Gasteiger partial charge in [0.15, 0.2) is 0 Å². The molecule has 1 aliphatic rings. The van der Waals surface area contributed by atoms with Gasteiger partial charge < -0.3 is 10.1 Å². The van der Waals surface area contributed by atoms with Gasteiger partial charge in [-0.3, -0.25) is 0 Å². The van der Waals surface area contributed by atoms with Crippen molar-refractivity contribution in [2.45, 2.75) is 58.7 Å². The lowest BCUT2D eigenvalue weighted by atomic mass is 9.85. The summed E-state index contributed by atoms with van der Waals surface area (Å²) in [4.78, 5) is 0. The first-order chi connectivity index (χ1) is 8.11. The predicted molar refractivity (Wildman–Crippen MR) is 71.5 cm³/mol. The molecule has 0 saturated heterocycles. The summed E-state index contributed by atoms with van der Waals surface area (Å²) in [6, 6.07) is 7.14. The Labute approximate surface area is 104 Å². The molecule has 1 N–H and O–H groups in total. The summed E-state index contributed by atoms with van der Waals surface area (Å²) < 4.78 is 5.74. The van der Waals surface area contributed by atoms with Crippen LogP contribution in [-0.2, 0) is 6.54 Å². The predicted octanol–water partition coefficient (Wildman–Crippen LogP) is 3.46. The summed E-state index contributed by atoms with van der Waals surface area (Å²) in [5, 5.41) is 3.60. The molecule has 0 saturated carbocycles. The molecule has 1 aliphatic heterocycles. The Hall–Kier alpha value is -1.02. The van der Waals surface area contributed by atoms with Crippen molar-refractivity contribution in [3.8, 4) is 5.75 Å². The topological polar surface area (TPSA) is 21.3 Å². The van der Waals surface area contributed by atoms with Gasteiger partial charge >= 0.3 is 0 Å². The number of hydrogen-bond acceptors (Lipinski definition) is 2. The van der Waals surface area contributed by atoms with Crippen LogP contribution in [0.3, 0.4) is 0 Å². The summed E-state index contributed by atoms with van der Waals surface area (Å²) in [6.45, 7) is 9.64. The van der Waals surface area contributed by atoms with Crippen LogP contribution < -0.4 is 10.1 Å². The lowest BCUT2D eigenvalue weighted by Crippen LogP contribution is -2.37. The van der Waals surface area contributed by atoms with Gasteiger partial charge in [0, 0.05) is 12.6 Å². The molecule has 0 amide bonds. The molecular formula is C15H23NO. The normalized spacial score (nSPS) is 23.6. The van der Waals surface area contributed by atoms with E-state index in [0.29, 0.717) is 12.0 Å². The highest BCUT2D eigenvalue weighted by atomic mass is 16.5. The lowest BCUT2D eigenvalue weighted by molar-refractivity contribution is 0.241. The molecule has 0 bridgehead atoms. The zero-order valence-electron chi connectivity index (χ0n) is 11.3. The molecule has 1 heterocycles.